The van der Waals surface area contributed by atoms with Crippen LogP contribution in [0.15, 0.2) is 18.2 Å². The zero-order valence-corrected chi connectivity index (χ0v) is 10.5. The van der Waals surface area contributed by atoms with E-state index in [-0.39, 0.29) is 17.0 Å². The van der Waals surface area contributed by atoms with Crippen LogP contribution < -0.4 is 5.32 Å². The minimum atomic E-state index is -1.03. The standard InChI is InChI=1S/C13H17NO3/c1-8-5-9(7-10(6-8)12(16)17)11(15)14-13(2,3)4/h5-7H,1-4H3,(H,14,15)(H,16,17). The minimum Gasteiger partial charge on any atom is -0.478 e. The summed E-state index contributed by atoms with van der Waals surface area (Å²) in [6.45, 7) is 7.39. The summed E-state index contributed by atoms with van der Waals surface area (Å²) in [5, 5.41) is 11.7. The molecular formula is C13H17NO3. The van der Waals surface area contributed by atoms with E-state index in [1.165, 1.54) is 12.1 Å². The van der Waals surface area contributed by atoms with Gasteiger partial charge in [-0.15, -0.1) is 0 Å². The fourth-order valence-corrected chi connectivity index (χ4v) is 1.45. The lowest BCUT2D eigenvalue weighted by molar-refractivity contribution is 0.0696. The molecule has 4 heteroatoms. The molecule has 4 nitrogen and oxygen atoms in total. The first kappa shape index (κ1) is 13.2. The van der Waals surface area contributed by atoms with Crippen molar-refractivity contribution in [1.82, 2.24) is 5.32 Å². The third-order valence-electron chi connectivity index (χ3n) is 2.08. The molecule has 0 saturated heterocycles. The number of amides is 1. The molecule has 1 aromatic carbocycles. The lowest BCUT2D eigenvalue weighted by Crippen LogP contribution is -2.40. The third-order valence-corrected chi connectivity index (χ3v) is 2.08. The van der Waals surface area contributed by atoms with Gasteiger partial charge in [0.15, 0.2) is 0 Å². The molecule has 0 atom stereocenters. The van der Waals surface area contributed by atoms with Gasteiger partial charge in [0.05, 0.1) is 5.56 Å². The first-order chi connectivity index (χ1) is 7.69. The van der Waals surface area contributed by atoms with Gasteiger partial charge in [-0.05, 0) is 51.5 Å². The number of carboxylic acids is 1. The van der Waals surface area contributed by atoms with Crippen LogP contribution in [0.2, 0.25) is 0 Å². The molecule has 1 aromatic rings. The highest BCUT2D eigenvalue weighted by molar-refractivity contribution is 5.98. The normalized spacial score (nSPS) is 11.1. The van der Waals surface area contributed by atoms with Crippen LogP contribution in [0.3, 0.4) is 0 Å². The molecular weight excluding hydrogens is 218 g/mol. The van der Waals surface area contributed by atoms with Crippen LogP contribution >= 0.6 is 0 Å². The molecule has 0 aromatic heterocycles. The first-order valence-electron chi connectivity index (χ1n) is 5.36. The molecule has 2 N–H and O–H groups in total. The molecule has 0 aliphatic rings. The van der Waals surface area contributed by atoms with E-state index in [9.17, 15) is 9.59 Å². The Morgan fingerprint density at radius 2 is 1.65 bits per heavy atom. The molecule has 0 aliphatic carbocycles. The van der Waals surface area contributed by atoms with Crippen molar-refractivity contribution in [3.63, 3.8) is 0 Å². The number of hydrogen-bond acceptors (Lipinski definition) is 2. The van der Waals surface area contributed by atoms with Crippen LogP contribution in [0.4, 0.5) is 0 Å². The second kappa shape index (κ2) is 4.57. The first-order valence-corrected chi connectivity index (χ1v) is 5.36. The summed E-state index contributed by atoms with van der Waals surface area (Å²) >= 11 is 0. The predicted molar refractivity (Wildman–Crippen MR) is 65.4 cm³/mol. The lowest BCUT2D eigenvalue weighted by atomic mass is 10.0. The molecule has 92 valence electrons. The van der Waals surface area contributed by atoms with Gasteiger partial charge in [-0.25, -0.2) is 4.79 Å². The molecule has 1 amide bonds. The van der Waals surface area contributed by atoms with Gasteiger partial charge in [0.2, 0.25) is 0 Å². The van der Waals surface area contributed by atoms with Gasteiger partial charge in [-0.2, -0.15) is 0 Å². The van der Waals surface area contributed by atoms with Crippen molar-refractivity contribution in [2.45, 2.75) is 33.2 Å². The van der Waals surface area contributed by atoms with Crippen molar-refractivity contribution in [3.8, 4) is 0 Å². The minimum absolute atomic E-state index is 0.129. The van der Waals surface area contributed by atoms with E-state index in [0.717, 1.165) is 5.56 Å². The predicted octanol–water partition coefficient (Wildman–Crippen LogP) is 2.22. The maximum atomic E-state index is 11.9. The number of benzene rings is 1. The smallest absolute Gasteiger partial charge is 0.335 e. The maximum Gasteiger partial charge on any atom is 0.335 e. The Kier molecular flexibility index (Phi) is 3.56. The summed E-state index contributed by atoms with van der Waals surface area (Å²) in [7, 11) is 0. The van der Waals surface area contributed by atoms with Gasteiger partial charge >= 0.3 is 5.97 Å². The Balaban J connectivity index is 3.06. The monoisotopic (exact) mass is 235 g/mol. The van der Waals surface area contributed by atoms with Gasteiger partial charge in [-0.3, -0.25) is 4.79 Å². The molecule has 0 bridgehead atoms. The van der Waals surface area contributed by atoms with Crippen LogP contribution in [-0.4, -0.2) is 22.5 Å². The molecule has 0 saturated carbocycles. The molecule has 17 heavy (non-hydrogen) atoms. The average Bonchev–Trinajstić information content (AvgIpc) is 2.13. The zero-order chi connectivity index (χ0) is 13.2. The summed E-state index contributed by atoms with van der Waals surface area (Å²) in [5.41, 5.74) is 0.912. The largest absolute Gasteiger partial charge is 0.478 e. The van der Waals surface area contributed by atoms with Crippen molar-refractivity contribution in [2.75, 3.05) is 0 Å². The fraction of sp³-hybridized carbons (Fsp3) is 0.385. The second-order valence-corrected chi connectivity index (χ2v) is 5.10. The average molecular weight is 235 g/mol. The lowest BCUT2D eigenvalue weighted by Gasteiger charge is -2.20. The van der Waals surface area contributed by atoms with Crippen molar-refractivity contribution in [2.24, 2.45) is 0 Å². The quantitative estimate of drug-likeness (QED) is 0.826. The van der Waals surface area contributed by atoms with E-state index < -0.39 is 5.97 Å². The zero-order valence-electron chi connectivity index (χ0n) is 10.5. The molecule has 0 heterocycles. The summed E-state index contributed by atoms with van der Waals surface area (Å²) in [5.74, 6) is -1.29. The molecule has 0 spiro atoms. The number of rotatable bonds is 2. The van der Waals surface area contributed by atoms with Gasteiger partial charge in [0.25, 0.3) is 5.91 Å². The fourth-order valence-electron chi connectivity index (χ4n) is 1.45. The number of aromatic carboxylic acids is 1. The van der Waals surface area contributed by atoms with Crippen LogP contribution in [0.25, 0.3) is 0 Å². The second-order valence-electron chi connectivity index (χ2n) is 5.10. The number of carboxylic acid groups (broad SMARTS) is 1. The van der Waals surface area contributed by atoms with E-state index in [2.05, 4.69) is 5.32 Å². The van der Waals surface area contributed by atoms with Crippen LogP contribution in [0.5, 0.6) is 0 Å². The summed E-state index contributed by atoms with van der Waals surface area (Å²) in [6.07, 6.45) is 0. The number of hydrogen-bond donors (Lipinski definition) is 2. The molecule has 0 aliphatic heterocycles. The van der Waals surface area contributed by atoms with E-state index in [0.29, 0.717) is 5.56 Å². The summed E-state index contributed by atoms with van der Waals surface area (Å²) in [6, 6.07) is 4.60. The van der Waals surface area contributed by atoms with Gasteiger partial charge < -0.3 is 10.4 Å². The van der Waals surface area contributed by atoms with E-state index in [1.807, 2.05) is 20.8 Å². The Morgan fingerprint density at radius 3 is 2.12 bits per heavy atom. The third kappa shape index (κ3) is 3.90. The molecule has 0 unspecified atom stereocenters. The highest BCUT2D eigenvalue weighted by Crippen LogP contribution is 2.11. The van der Waals surface area contributed by atoms with Gasteiger partial charge in [-0.1, -0.05) is 0 Å². The maximum absolute atomic E-state index is 11.9. The highest BCUT2D eigenvalue weighted by atomic mass is 16.4. The Labute approximate surface area is 101 Å². The van der Waals surface area contributed by atoms with Crippen molar-refractivity contribution in [1.29, 1.82) is 0 Å². The molecule has 0 radical (unpaired) electrons. The van der Waals surface area contributed by atoms with Crippen molar-refractivity contribution >= 4 is 11.9 Å². The summed E-state index contributed by atoms with van der Waals surface area (Å²) < 4.78 is 0. The van der Waals surface area contributed by atoms with Crippen molar-refractivity contribution < 1.29 is 14.7 Å². The Bertz CT molecular complexity index is 458. The number of carbonyl (C=O) groups is 2. The van der Waals surface area contributed by atoms with Gasteiger partial charge in [0, 0.05) is 11.1 Å². The summed E-state index contributed by atoms with van der Waals surface area (Å²) in [4.78, 5) is 22.8. The number of carbonyl (C=O) groups excluding carboxylic acids is 1. The van der Waals surface area contributed by atoms with Crippen LogP contribution in [0.1, 0.15) is 47.1 Å². The SMILES string of the molecule is Cc1cc(C(=O)O)cc(C(=O)NC(C)(C)C)c1. The number of nitrogens with one attached hydrogen (secondary N) is 1. The molecule has 1 rings (SSSR count). The van der Waals surface area contributed by atoms with E-state index in [1.54, 1.807) is 13.0 Å². The van der Waals surface area contributed by atoms with Crippen molar-refractivity contribution in [3.05, 3.63) is 34.9 Å². The van der Waals surface area contributed by atoms with E-state index >= 15 is 0 Å². The van der Waals surface area contributed by atoms with Crippen LogP contribution in [0, 0.1) is 6.92 Å². The van der Waals surface area contributed by atoms with Gasteiger partial charge in [0.1, 0.15) is 0 Å². The Morgan fingerprint density at radius 1 is 1.12 bits per heavy atom. The topological polar surface area (TPSA) is 66.4 Å². The Hall–Kier alpha value is -1.84. The van der Waals surface area contributed by atoms with Crippen LogP contribution in [-0.2, 0) is 0 Å². The number of aryl methyl sites for hydroxylation is 1. The highest BCUT2D eigenvalue weighted by Gasteiger charge is 2.16. The molecule has 0 fully saturated rings. The van der Waals surface area contributed by atoms with E-state index in [4.69, 9.17) is 5.11 Å².